The average Bonchev–Trinajstić information content (AvgIpc) is 2.55. The molecule has 0 radical (unpaired) electrons. The van der Waals surface area contributed by atoms with Crippen LogP contribution in [0.2, 0.25) is 0 Å². The van der Waals surface area contributed by atoms with E-state index in [0.29, 0.717) is 12.0 Å². The third kappa shape index (κ3) is 6.74. The summed E-state index contributed by atoms with van der Waals surface area (Å²) >= 11 is 0. The molecule has 0 fully saturated rings. The molecule has 2 atom stereocenters. The molecule has 0 spiro atoms. The number of carbonyl (C=O) groups is 2. The van der Waals surface area contributed by atoms with Crippen LogP contribution in [0.4, 0.5) is 13.2 Å². The summed E-state index contributed by atoms with van der Waals surface area (Å²) < 4.78 is 42.5. The number of methoxy groups -OCH3 is 1. The Labute approximate surface area is 144 Å². The van der Waals surface area contributed by atoms with E-state index in [1.165, 1.54) is 19.2 Å². The fourth-order valence-electron chi connectivity index (χ4n) is 2.32. The molecule has 0 heterocycles. The lowest BCUT2D eigenvalue weighted by atomic mass is 9.95. The highest BCUT2D eigenvalue weighted by molar-refractivity contribution is 5.85. The Hall–Kier alpha value is -2.09. The predicted molar refractivity (Wildman–Crippen MR) is 85.0 cm³/mol. The Kier molecular flexibility index (Phi) is 7.89. The van der Waals surface area contributed by atoms with Crippen molar-refractivity contribution in [2.45, 2.75) is 38.4 Å². The normalized spacial score (nSPS) is 14.0. The Morgan fingerprint density at radius 1 is 1.24 bits per heavy atom. The van der Waals surface area contributed by atoms with Gasteiger partial charge in [0.25, 0.3) is 0 Å². The Morgan fingerprint density at radius 3 is 2.28 bits per heavy atom. The van der Waals surface area contributed by atoms with Crippen molar-refractivity contribution in [3.05, 3.63) is 35.4 Å². The van der Waals surface area contributed by atoms with Crippen LogP contribution in [0.3, 0.4) is 0 Å². The van der Waals surface area contributed by atoms with Crippen LogP contribution in [0.25, 0.3) is 0 Å². The Morgan fingerprint density at radius 2 is 1.84 bits per heavy atom. The first-order valence-electron chi connectivity index (χ1n) is 7.87. The van der Waals surface area contributed by atoms with E-state index in [4.69, 9.17) is 9.84 Å². The number of rotatable bonds is 9. The molecule has 0 saturated carbocycles. The van der Waals surface area contributed by atoms with Gasteiger partial charge < -0.3 is 15.2 Å². The van der Waals surface area contributed by atoms with Gasteiger partial charge in [-0.3, -0.25) is 4.79 Å². The van der Waals surface area contributed by atoms with Crippen LogP contribution >= 0.6 is 0 Å². The third-order valence-corrected chi connectivity index (χ3v) is 3.85. The van der Waals surface area contributed by atoms with Crippen LogP contribution in [0, 0.1) is 5.92 Å². The lowest BCUT2D eigenvalue weighted by molar-refractivity contribution is -0.143. The van der Waals surface area contributed by atoms with Crippen LogP contribution in [0.1, 0.15) is 30.9 Å². The number of carbonyl (C=O) groups excluding carboxylic acids is 1. The van der Waals surface area contributed by atoms with E-state index >= 15 is 0 Å². The first-order chi connectivity index (χ1) is 11.7. The van der Waals surface area contributed by atoms with Crippen LogP contribution < -0.4 is 5.32 Å². The first-order valence-corrected chi connectivity index (χ1v) is 7.87. The lowest BCUT2D eigenvalue weighted by Gasteiger charge is -2.19. The molecule has 0 aliphatic rings. The molecule has 8 heteroatoms. The number of ether oxygens (including phenoxy) is 1. The number of amides is 1. The monoisotopic (exact) mass is 361 g/mol. The molecule has 0 saturated heterocycles. The van der Waals surface area contributed by atoms with Crippen molar-refractivity contribution in [2.75, 3.05) is 13.7 Å². The summed E-state index contributed by atoms with van der Waals surface area (Å²) in [6, 6.07) is 3.54. The molecule has 0 bridgehead atoms. The number of benzene rings is 1. The molecule has 0 aliphatic heterocycles. The highest BCUT2D eigenvalue weighted by Crippen LogP contribution is 2.29. The van der Waals surface area contributed by atoms with Crippen molar-refractivity contribution in [2.24, 2.45) is 5.92 Å². The third-order valence-electron chi connectivity index (χ3n) is 3.85. The van der Waals surface area contributed by atoms with E-state index < -0.39 is 35.6 Å². The average molecular weight is 361 g/mol. The van der Waals surface area contributed by atoms with Gasteiger partial charge in [0.05, 0.1) is 5.56 Å². The highest BCUT2D eigenvalue weighted by atomic mass is 19.4. The number of carboxylic acids is 1. The summed E-state index contributed by atoms with van der Waals surface area (Å²) in [6.45, 7) is 1.95. The second-order valence-electron chi connectivity index (χ2n) is 5.68. The van der Waals surface area contributed by atoms with E-state index in [1.807, 2.05) is 0 Å². The summed E-state index contributed by atoms with van der Waals surface area (Å²) in [6.07, 6.45) is -3.61. The van der Waals surface area contributed by atoms with Crippen LogP contribution in [-0.4, -0.2) is 36.7 Å². The maximum atomic E-state index is 12.6. The van der Waals surface area contributed by atoms with Gasteiger partial charge in [0.15, 0.2) is 0 Å². The number of carboxylic acid groups (broad SMARTS) is 1. The molecule has 1 rings (SSSR count). The van der Waals surface area contributed by atoms with Crippen molar-refractivity contribution in [3.8, 4) is 0 Å². The number of alkyl halides is 3. The molecule has 1 aromatic carbocycles. The Balaban J connectivity index is 2.74. The fraction of sp³-hybridized carbons (Fsp3) is 0.529. The molecule has 0 aromatic heterocycles. The van der Waals surface area contributed by atoms with Crippen LogP contribution in [-0.2, 0) is 26.9 Å². The zero-order valence-electron chi connectivity index (χ0n) is 14.1. The van der Waals surface area contributed by atoms with Crippen molar-refractivity contribution < 1.29 is 32.6 Å². The quantitative estimate of drug-likeness (QED) is 0.709. The summed E-state index contributed by atoms with van der Waals surface area (Å²) in [5.41, 5.74) is -0.168. The summed E-state index contributed by atoms with van der Waals surface area (Å²) in [5.74, 6) is -2.12. The van der Waals surface area contributed by atoms with Crippen molar-refractivity contribution >= 4 is 11.9 Å². The molecule has 2 N–H and O–H groups in total. The maximum absolute atomic E-state index is 12.6. The van der Waals surface area contributed by atoms with E-state index in [-0.39, 0.29) is 19.4 Å². The number of aliphatic carboxylic acids is 1. The molecule has 0 aliphatic carbocycles. The van der Waals surface area contributed by atoms with Gasteiger partial charge in [-0.2, -0.15) is 13.2 Å². The standard InChI is InChI=1S/C17H22F3NO4/c1-3-12(15(22)21-14(16(23)24)8-9-25-2)10-11-4-6-13(7-5-11)17(18,19)20/h4-7,12,14H,3,8-10H2,1-2H3,(H,21,22)(H,23,24). The van der Waals surface area contributed by atoms with Gasteiger partial charge in [-0.05, 0) is 30.5 Å². The van der Waals surface area contributed by atoms with Gasteiger partial charge >= 0.3 is 12.1 Å². The minimum atomic E-state index is -4.41. The minimum absolute atomic E-state index is 0.133. The van der Waals surface area contributed by atoms with E-state index in [1.54, 1.807) is 6.92 Å². The molecule has 1 aromatic rings. The molecule has 1 amide bonds. The SMILES string of the molecule is CCC(Cc1ccc(C(F)(F)F)cc1)C(=O)NC(CCOC)C(=O)O. The lowest BCUT2D eigenvalue weighted by Crippen LogP contribution is -2.44. The molecule has 140 valence electrons. The van der Waals surface area contributed by atoms with E-state index in [0.717, 1.165) is 12.1 Å². The molecular weight excluding hydrogens is 339 g/mol. The molecule has 5 nitrogen and oxygen atoms in total. The molecule has 25 heavy (non-hydrogen) atoms. The molecular formula is C17H22F3NO4. The van der Waals surface area contributed by atoms with Crippen LogP contribution in [0.15, 0.2) is 24.3 Å². The number of hydrogen-bond donors (Lipinski definition) is 2. The smallest absolute Gasteiger partial charge is 0.416 e. The van der Waals surface area contributed by atoms with Gasteiger partial charge in [0.1, 0.15) is 6.04 Å². The van der Waals surface area contributed by atoms with Gasteiger partial charge in [0, 0.05) is 26.1 Å². The van der Waals surface area contributed by atoms with Crippen molar-refractivity contribution in [1.82, 2.24) is 5.32 Å². The Bertz CT molecular complexity index is 572. The van der Waals surface area contributed by atoms with Gasteiger partial charge in [0.2, 0.25) is 5.91 Å². The topological polar surface area (TPSA) is 75.6 Å². The van der Waals surface area contributed by atoms with E-state index in [2.05, 4.69) is 5.32 Å². The van der Waals surface area contributed by atoms with Gasteiger partial charge in [-0.15, -0.1) is 0 Å². The summed E-state index contributed by atoms with van der Waals surface area (Å²) in [5, 5.41) is 11.6. The zero-order chi connectivity index (χ0) is 19.0. The fourth-order valence-corrected chi connectivity index (χ4v) is 2.32. The van der Waals surface area contributed by atoms with Crippen molar-refractivity contribution in [3.63, 3.8) is 0 Å². The number of hydrogen-bond acceptors (Lipinski definition) is 3. The van der Waals surface area contributed by atoms with Crippen molar-refractivity contribution in [1.29, 1.82) is 0 Å². The zero-order valence-corrected chi connectivity index (χ0v) is 14.1. The second-order valence-corrected chi connectivity index (χ2v) is 5.68. The highest BCUT2D eigenvalue weighted by Gasteiger charge is 2.30. The maximum Gasteiger partial charge on any atom is 0.416 e. The second kappa shape index (κ2) is 9.41. The number of halogens is 3. The van der Waals surface area contributed by atoms with Crippen LogP contribution in [0.5, 0.6) is 0 Å². The summed E-state index contributed by atoms with van der Waals surface area (Å²) in [4.78, 5) is 23.5. The largest absolute Gasteiger partial charge is 0.480 e. The predicted octanol–water partition coefficient (Wildman–Crippen LogP) is 2.88. The minimum Gasteiger partial charge on any atom is -0.480 e. The van der Waals surface area contributed by atoms with Gasteiger partial charge in [-0.1, -0.05) is 19.1 Å². The van der Waals surface area contributed by atoms with E-state index in [9.17, 15) is 22.8 Å². The first kappa shape index (κ1) is 21.0. The summed E-state index contributed by atoms with van der Waals surface area (Å²) in [7, 11) is 1.43. The number of nitrogens with one attached hydrogen (secondary N) is 1. The van der Waals surface area contributed by atoms with Gasteiger partial charge in [-0.25, -0.2) is 4.79 Å². The molecule has 2 unspecified atom stereocenters.